The molecule has 4 nitrogen and oxygen atoms in total. The molecular formula is C11H9NO3. The summed E-state index contributed by atoms with van der Waals surface area (Å²) in [6.45, 7) is 0. The van der Waals surface area contributed by atoms with Crippen molar-refractivity contribution in [1.82, 2.24) is 4.98 Å². The second-order valence-corrected chi connectivity index (χ2v) is 3.25. The summed E-state index contributed by atoms with van der Waals surface area (Å²) in [6, 6.07) is 6.49. The minimum Gasteiger partial charge on any atom is -0.481 e. The lowest BCUT2D eigenvalue weighted by molar-refractivity contribution is -0.136. The minimum atomic E-state index is -0.910. The number of aromatic amines is 1. The number of para-hydroxylation sites is 1. The summed E-state index contributed by atoms with van der Waals surface area (Å²) in [6.07, 6.45) is 1.44. The number of rotatable bonds is 2. The average Bonchev–Trinajstić information content (AvgIpc) is 2.19. The van der Waals surface area contributed by atoms with Gasteiger partial charge in [0.2, 0.25) is 0 Å². The van der Waals surface area contributed by atoms with Crippen molar-refractivity contribution in [2.24, 2.45) is 0 Å². The maximum atomic E-state index is 11.4. The van der Waals surface area contributed by atoms with Crippen LogP contribution in [0.3, 0.4) is 0 Å². The van der Waals surface area contributed by atoms with Gasteiger partial charge in [-0.3, -0.25) is 9.59 Å². The van der Waals surface area contributed by atoms with Crippen LogP contribution in [0.2, 0.25) is 0 Å². The smallest absolute Gasteiger partial charge is 0.307 e. The monoisotopic (exact) mass is 203 g/mol. The molecule has 15 heavy (non-hydrogen) atoms. The number of benzene rings is 1. The zero-order valence-electron chi connectivity index (χ0n) is 7.86. The molecule has 0 atom stereocenters. The van der Waals surface area contributed by atoms with E-state index in [1.54, 1.807) is 18.2 Å². The molecule has 0 unspecified atom stereocenters. The highest BCUT2D eigenvalue weighted by Crippen LogP contribution is 2.13. The van der Waals surface area contributed by atoms with Crippen LogP contribution in [-0.2, 0) is 11.2 Å². The lowest BCUT2D eigenvalue weighted by atomic mass is 10.1. The Balaban J connectivity index is 2.71. The quantitative estimate of drug-likeness (QED) is 0.769. The third-order valence-corrected chi connectivity index (χ3v) is 2.22. The van der Waals surface area contributed by atoms with E-state index < -0.39 is 5.97 Å². The van der Waals surface area contributed by atoms with Crippen LogP contribution >= 0.6 is 0 Å². The molecule has 1 aromatic heterocycles. The molecule has 1 aromatic carbocycles. The third kappa shape index (κ3) is 1.74. The van der Waals surface area contributed by atoms with E-state index in [1.165, 1.54) is 12.3 Å². The fourth-order valence-corrected chi connectivity index (χ4v) is 1.58. The molecule has 2 N–H and O–H groups in total. The van der Waals surface area contributed by atoms with Gasteiger partial charge in [0, 0.05) is 17.6 Å². The first kappa shape index (κ1) is 9.45. The largest absolute Gasteiger partial charge is 0.481 e. The van der Waals surface area contributed by atoms with Gasteiger partial charge < -0.3 is 10.1 Å². The van der Waals surface area contributed by atoms with E-state index >= 15 is 0 Å². The second-order valence-electron chi connectivity index (χ2n) is 3.25. The van der Waals surface area contributed by atoms with Crippen molar-refractivity contribution in [1.29, 1.82) is 0 Å². The topological polar surface area (TPSA) is 70.2 Å². The van der Waals surface area contributed by atoms with Gasteiger partial charge in [-0.1, -0.05) is 12.1 Å². The van der Waals surface area contributed by atoms with Crippen LogP contribution in [0, 0.1) is 0 Å². The molecule has 1 heterocycles. The maximum Gasteiger partial charge on any atom is 0.307 e. The van der Waals surface area contributed by atoms with Crippen LogP contribution in [0.4, 0.5) is 0 Å². The number of carboxylic acids is 1. The van der Waals surface area contributed by atoms with Gasteiger partial charge in [0.25, 0.3) is 0 Å². The van der Waals surface area contributed by atoms with E-state index in [-0.39, 0.29) is 11.8 Å². The van der Waals surface area contributed by atoms with Gasteiger partial charge in [0.05, 0.1) is 11.9 Å². The Bertz CT molecular complexity index is 571. The van der Waals surface area contributed by atoms with Crippen molar-refractivity contribution in [2.45, 2.75) is 6.42 Å². The number of aromatic nitrogens is 1. The molecule has 0 fully saturated rings. The first-order valence-corrected chi connectivity index (χ1v) is 4.49. The zero-order valence-corrected chi connectivity index (χ0v) is 7.86. The van der Waals surface area contributed by atoms with Gasteiger partial charge in [-0.25, -0.2) is 0 Å². The maximum absolute atomic E-state index is 11.4. The molecule has 0 aliphatic rings. The van der Waals surface area contributed by atoms with Crippen molar-refractivity contribution in [3.63, 3.8) is 0 Å². The van der Waals surface area contributed by atoms with Crippen LogP contribution in [0.25, 0.3) is 10.9 Å². The molecule has 0 saturated heterocycles. The van der Waals surface area contributed by atoms with E-state index in [9.17, 15) is 9.59 Å². The number of fused-ring (bicyclic) bond motifs is 1. The van der Waals surface area contributed by atoms with E-state index in [0.717, 1.165) is 0 Å². The predicted octanol–water partition coefficient (Wildman–Crippen LogP) is 1.16. The summed E-state index contributed by atoms with van der Waals surface area (Å²) in [5, 5.41) is 9.23. The first-order chi connectivity index (χ1) is 7.18. The summed E-state index contributed by atoms with van der Waals surface area (Å²) >= 11 is 0. The second kappa shape index (κ2) is 3.57. The molecule has 0 radical (unpaired) electrons. The van der Waals surface area contributed by atoms with Crippen molar-refractivity contribution in [3.05, 3.63) is 46.2 Å². The van der Waals surface area contributed by atoms with E-state index in [1.807, 2.05) is 0 Å². The van der Waals surface area contributed by atoms with Crippen molar-refractivity contribution in [3.8, 4) is 0 Å². The zero-order chi connectivity index (χ0) is 10.8. The molecule has 0 spiro atoms. The van der Waals surface area contributed by atoms with Crippen LogP contribution in [0.1, 0.15) is 5.56 Å². The van der Waals surface area contributed by atoms with Crippen molar-refractivity contribution < 1.29 is 9.90 Å². The fraction of sp³-hybridized carbons (Fsp3) is 0.0909. The molecule has 0 saturated carbocycles. The summed E-state index contributed by atoms with van der Waals surface area (Å²) < 4.78 is 0. The summed E-state index contributed by atoms with van der Waals surface area (Å²) in [5.74, 6) is -0.910. The predicted molar refractivity (Wildman–Crippen MR) is 55.9 cm³/mol. The number of H-pyrrole nitrogens is 1. The lowest BCUT2D eigenvalue weighted by Gasteiger charge is -2.02. The number of carbonyl (C=O) groups is 1. The van der Waals surface area contributed by atoms with E-state index in [2.05, 4.69) is 4.98 Å². The highest BCUT2D eigenvalue weighted by Gasteiger charge is 2.06. The highest BCUT2D eigenvalue weighted by molar-refractivity contribution is 5.85. The molecule has 2 aromatic rings. The number of aliphatic carboxylic acids is 1. The molecule has 0 amide bonds. The number of nitrogens with one attached hydrogen (secondary N) is 1. The van der Waals surface area contributed by atoms with E-state index in [4.69, 9.17) is 5.11 Å². The molecule has 0 aliphatic carbocycles. The molecule has 76 valence electrons. The lowest BCUT2D eigenvalue weighted by Crippen LogP contribution is -2.05. The van der Waals surface area contributed by atoms with Crippen LogP contribution in [0.15, 0.2) is 35.3 Å². The van der Waals surface area contributed by atoms with Gasteiger partial charge in [0.15, 0.2) is 5.43 Å². The Labute approximate surface area is 85.2 Å². The minimum absolute atomic E-state index is 0.0860. The molecule has 4 heteroatoms. The molecule has 0 bridgehead atoms. The van der Waals surface area contributed by atoms with Gasteiger partial charge in [0.1, 0.15) is 0 Å². The van der Waals surface area contributed by atoms with E-state index in [0.29, 0.717) is 16.5 Å². The van der Waals surface area contributed by atoms with Crippen LogP contribution in [-0.4, -0.2) is 16.1 Å². The summed E-state index contributed by atoms with van der Waals surface area (Å²) in [7, 11) is 0. The SMILES string of the molecule is O=C(O)Cc1cccc2c(=O)cc[nH]c12. The number of hydrogen-bond acceptors (Lipinski definition) is 2. The third-order valence-electron chi connectivity index (χ3n) is 2.22. The van der Waals surface area contributed by atoms with Crippen LogP contribution in [0.5, 0.6) is 0 Å². The van der Waals surface area contributed by atoms with Gasteiger partial charge in [-0.15, -0.1) is 0 Å². The van der Waals surface area contributed by atoms with Gasteiger partial charge >= 0.3 is 5.97 Å². The Kier molecular flexibility index (Phi) is 2.25. The van der Waals surface area contributed by atoms with Crippen molar-refractivity contribution in [2.75, 3.05) is 0 Å². The number of hydrogen-bond donors (Lipinski definition) is 2. The summed E-state index contributed by atoms with van der Waals surface area (Å²) in [5.41, 5.74) is 1.13. The Morgan fingerprint density at radius 3 is 2.87 bits per heavy atom. The fourth-order valence-electron chi connectivity index (χ4n) is 1.58. The Morgan fingerprint density at radius 1 is 1.33 bits per heavy atom. The number of pyridine rings is 1. The van der Waals surface area contributed by atoms with Gasteiger partial charge in [-0.2, -0.15) is 0 Å². The van der Waals surface area contributed by atoms with Gasteiger partial charge in [-0.05, 0) is 11.6 Å². The normalized spacial score (nSPS) is 10.4. The van der Waals surface area contributed by atoms with Crippen molar-refractivity contribution >= 4 is 16.9 Å². The molecule has 2 rings (SSSR count). The standard InChI is InChI=1S/C11H9NO3/c13-9-4-5-12-11-7(6-10(14)15)2-1-3-8(9)11/h1-5H,6H2,(H,12,13)(H,14,15). The van der Waals surface area contributed by atoms with Crippen LogP contribution < -0.4 is 5.43 Å². The Morgan fingerprint density at radius 2 is 2.13 bits per heavy atom. The molecular weight excluding hydrogens is 194 g/mol. The number of carboxylic acid groups (broad SMARTS) is 1. The molecule has 0 aliphatic heterocycles. The first-order valence-electron chi connectivity index (χ1n) is 4.49. The average molecular weight is 203 g/mol. The summed E-state index contributed by atoms with van der Waals surface area (Å²) in [4.78, 5) is 25.0. The Hall–Kier alpha value is -2.10. The highest BCUT2D eigenvalue weighted by atomic mass is 16.4.